The lowest BCUT2D eigenvalue weighted by Gasteiger charge is -2.27. The number of nitrogens with zero attached hydrogens (tertiary/aromatic N) is 1. The molecule has 0 aliphatic heterocycles. The van der Waals surface area contributed by atoms with Gasteiger partial charge in [0.15, 0.2) is 0 Å². The number of hydrogen-bond donors (Lipinski definition) is 1. The van der Waals surface area contributed by atoms with Crippen LogP contribution in [0.15, 0.2) is 18.2 Å². The molecule has 108 valence electrons. The predicted molar refractivity (Wildman–Crippen MR) is 85.9 cm³/mol. The molecule has 0 saturated carbocycles. The van der Waals surface area contributed by atoms with Gasteiger partial charge in [0.2, 0.25) is 0 Å². The van der Waals surface area contributed by atoms with Gasteiger partial charge in [-0.25, -0.2) is 0 Å². The number of benzene rings is 1. The standard InChI is InChI=1S/C17H30N2/c1-6-16(18)11-15-8-9-17(14(5)10-15)19(7-2)12-13(3)4/h8-10,13,16H,6-7,11-12,18H2,1-5H3. The van der Waals surface area contributed by atoms with Gasteiger partial charge < -0.3 is 10.6 Å². The van der Waals surface area contributed by atoms with E-state index >= 15 is 0 Å². The van der Waals surface area contributed by atoms with Gasteiger partial charge in [-0.1, -0.05) is 32.9 Å². The van der Waals surface area contributed by atoms with Crippen molar-refractivity contribution in [3.63, 3.8) is 0 Å². The average molecular weight is 262 g/mol. The first-order chi connectivity index (χ1) is 8.97. The minimum absolute atomic E-state index is 0.281. The van der Waals surface area contributed by atoms with Crippen molar-refractivity contribution in [2.24, 2.45) is 11.7 Å². The second kappa shape index (κ2) is 7.54. The fourth-order valence-corrected chi connectivity index (χ4v) is 2.48. The third-order valence-electron chi connectivity index (χ3n) is 3.59. The van der Waals surface area contributed by atoms with Crippen LogP contribution in [0.5, 0.6) is 0 Å². The largest absolute Gasteiger partial charge is 0.371 e. The lowest BCUT2D eigenvalue weighted by molar-refractivity contribution is 0.617. The summed E-state index contributed by atoms with van der Waals surface area (Å²) in [6.45, 7) is 13.3. The summed E-state index contributed by atoms with van der Waals surface area (Å²) in [4.78, 5) is 2.46. The highest BCUT2D eigenvalue weighted by atomic mass is 15.1. The Labute approximate surface area is 119 Å². The van der Waals surface area contributed by atoms with E-state index in [2.05, 4.69) is 57.7 Å². The van der Waals surface area contributed by atoms with E-state index in [4.69, 9.17) is 5.73 Å². The number of aryl methyl sites for hydroxylation is 1. The SMILES string of the molecule is CCC(N)Cc1ccc(N(CC)CC(C)C)c(C)c1. The maximum atomic E-state index is 6.03. The van der Waals surface area contributed by atoms with Crippen LogP contribution in [0, 0.1) is 12.8 Å². The van der Waals surface area contributed by atoms with Crippen molar-refractivity contribution in [2.75, 3.05) is 18.0 Å². The molecule has 0 aliphatic rings. The van der Waals surface area contributed by atoms with Crippen LogP contribution < -0.4 is 10.6 Å². The van der Waals surface area contributed by atoms with Crippen LogP contribution in [-0.2, 0) is 6.42 Å². The van der Waals surface area contributed by atoms with Crippen LogP contribution >= 0.6 is 0 Å². The number of hydrogen-bond acceptors (Lipinski definition) is 2. The maximum Gasteiger partial charge on any atom is 0.0396 e. The highest BCUT2D eigenvalue weighted by Gasteiger charge is 2.10. The van der Waals surface area contributed by atoms with Gasteiger partial charge in [0, 0.05) is 24.8 Å². The van der Waals surface area contributed by atoms with Gasteiger partial charge >= 0.3 is 0 Å². The van der Waals surface area contributed by atoms with E-state index in [1.807, 2.05) is 0 Å². The number of anilines is 1. The zero-order chi connectivity index (χ0) is 14.4. The molecule has 0 fully saturated rings. The molecule has 0 amide bonds. The molecule has 0 saturated heterocycles. The molecular weight excluding hydrogens is 232 g/mol. The van der Waals surface area contributed by atoms with Crippen LogP contribution in [0.1, 0.15) is 45.2 Å². The minimum Gasteiger partial charge on any atom is -0.371 e. The van der Waals surface area contributed by atoms with Crippen molar-refractivity contribution in [3.05, 3.63) is 29.3 Å². The second-order valence-corrected chi connectivity index (χ2v) is 5.93. The van der Waals surface area contributed by atoms with Gasteiger partial charge in [-0.2, -0.15) is 0 Å². The van der Waals surface area contributed by atoms with E-state index in [1.54, 1.807) is 0 Å². The Kier molecular flexibility index (Phi) is 6.36. The molecule has 0 spiro atoms. The Bertz CT molecular complexity index is 385. The molecule has 1 unspecified atom stereocenters. The summed E-state index contributed by atoms with van der Waals surface area (Å²) < 4.78 is 0. The van der Waals surface area contributed by atoms with Crippen LogP contribution in [0.2, 0.25) is 0 Å². The third-order valence-corrected chi connectivity index (χ3v) is 3.59. The van der Waals surface area contributed by atoms with E-state index in [0.29, 0.717) is 5.92 Å². The van der Waals surface area contributed by atoms with Crippen molar-refractivity contribution in [3.8, 4) is 0 Å². The van der Waals surface area contributed by atoms with E-state index < -0.39 is 0 Å². The second-order valence-electron chi connectivity index (χ2n) is 5.93. The maximum absolute atomic E-state index is 6.03. The molecule has 2 nitrogen and oxygen atoms in total. The quantitative estimate of drug-likeness (QED) is 0.810. The zero-order valence-corrected chi connectivity index (χ0v) is 13.2. The highest BCUT2D eigenvalue weighted by Crippen LogP contribution is 2.23. The van der Waals surface area contributed by atoms with E-state index in [1.165, 1.54) is 16.8 Å². The van der Waals surface area contributed by atoms with Crippen LogP contribution in [-0.4, -0.2) is 19.1 Å². The summed E-state index contributed by atoms with van der Waals surface area (Å²) >= 11 is 0. The van der Waals surface area contributed by atoms with E-state index in [0.717, 1.165) is 25.9 Å². The summed E-state index contributed by atoms with van der Waals surface area (Å²) in [5.41, 5.74) is 10.1. The molecule has 1 aromatic carbocycles. The molecule has 0 radical (unpaired) electrons. The summed E-state index contributed by atoms with van der Waals surface area (Å²) in [7, 11) is 0. The first-order valence-electron chi connectivity index (χ1n) is 7.57. The summed E-state index contributed by atoms with van der Waals surface area (Å²) in [6, 6.07) is 7.08. The monoisotopic (exact) mass is 262 g/mol. The van der Waals surface area contributed by atoms with Crippen LogP contribution in [0.3, 0.4) is 0 Å². The number of rotatable bonds is 7. The van der Waals surface area contributed by atoms with Crippen molar-refractivity contribution in [1.82, 2.24) is 0 Å². The third kappa shape index (κ3) is 4.87. The van der Waals surface area contributed by atoms with Crippen molar-refractivity contribution < 1.29 is 0 Å². The lowest BCUT2D eigenvalue weighted by atomic mass is 10.0. The minimum atomic E-state index is 0.281. The molecule has 0 aliphatic carbocycles. The molecule has 2 N–H and O–H groups in total. The predicted octanol–water partition coefficient (Wildman–Crippen LogP) is 3.76. The molecule has 1 aromatic rings. The van der Waals surface area contributed by atoms with Crippen molar-refractivity contribution >= 4 is 5.69 Å². The topological polar surface area (TPSA) is 29.3 Å². The van der Waals surface area contributed by atoms with Gasteiger partial charge in [-0.3, -0.25) is 0 Å². The van der Waals surface area contributed by atoms with Crippen molar-refractivity contribution in [1.29, 1.82) is 0 Å². The van der Waals surface area contributed by atoms with Gasteiger partial charge in [-0.05, 0) is 49.8 Å². The van der Waals surface area contributed by atoms with Gasteiger partial charge in [-0.15, -0.1) is 0 Å². The Hall–Kier alpha value is -1.02. The smallest absolute Gasteiger partial charge is 0.0396 e. The Balaban J connectivity index is 2.86. The van der Waals surface area contributed by atoms with Gasteiger partial charge in [0.05, 0.1) is 0 Å². The normalized spacial score (nSPS) is 12.8. The summed E-state index contributed by atoms with van der Waals surface area (Å²) in [5, 5.41) is 0. The summed E-state index contributed by atoms with van der Waals surface area (Å²) in [6.07, 6.45) is 2.02. The number of nitrogens with two attached hydrogens (primary N) is 1. The van der Waals surface area contributed by atoms with Gasteiger partial charge in [0.25, 0.3) is 0 Å². The van der Waals surface area contributed by atoms with Gasteiger partial charge in [0.1, 0.15) is 0 Å². The van der Waals surface area contributed by atoms with Crippen LogP contribution in [0.25, 0.3) is 0 Å². The molecule has 19 heavy (non-hydrogen) atoms. The molecule has 0 heterocycles. The lowest BCUT2D eigenvalue weighted by Crippen LogP contribution is -2.28. The van der Waals surface area contributed by atoms with Crippen LogP contribution in [0.4, 0.5) is 5.69 Å². The first-order valence-corrected chi connectivity index (χ1v) is 7.57. The molecule has 0 bridgehead atoms. The molecule has 2 heteroatoms. The van der Waals surface area contributed by atoms with Crippen molar-refractivity contribution in [2.45, 2.75) is 53.5 Å². The first kappa shape index (κ1) is 16.0. The Morgan fingerprint density at radius 1 is 1.21 bits per heavy atom. The summed E-state index contributed by atoms with van der Waals surface area (Å²) in [5.74, 6) is 0.688. The fourth-order valence-electron chi connectivity index (χ4n) is 2.48. The molecule has 1 atom stereocenters. The Morgan fingerprint density at radius 2 is 1.89 bits per heavy atom. The Morgan fingerprint density at radius 3 is 2.37 bits per heavy atom. The van der Waals surface area contributed by atoms with E-state index in [9.17, 15) is 0 Å². The molecule has 1 rings (SSSR count). The van der Waals surface area contributed by atoms with E-state index in [-0.39, 0.29) is 6.04 Å². The molecule has 0 aromatic heterocycles. The highest BCUT2D eigenvalue weighted by molar-refractivity contribution is 5.54. The molecular formula is C17H30N2. The average Bonchev–Trinajstić information content (AvgIpc) is 2.36. The fraction of sp³-hybridized carbons (Fsp3) is 0.647. The zero-order valence-electron chi connectivity index (χ0n) is 13.2.